The number of aliphatic carboxylic acids is 1. The average Bonchev–Trinajstić information content (AvgIpc) is 2.61. The van der Waals surface area contributed by atoms with E-state index in [1.807, 2.05) is 0 Å². The standard InChI is InChI=1S/C13H13NO5/c1-8-5-11(15)14(13(8)18)9-3-2-4-10(6-9)19-7-12(16)17/h2-4,6,8H,5,7H2,1H3,(H,16,17). The lowest BCUT2D eigenvalue weighted by Gasteiger charge is -2.15. The molecule has 2 amide bonds. The van der Waals surface area contributed by atoms with Crippen LogP contribution < -0.4 is 9.64 Å². The Morgan fingerprint density at radius 3 is 2.79 bits per heavy atom. The highest BCUT2D eigenvalue weighted by Crippen LogP contribution is 2.28. The first-order chi connectivity index (χ1) is 8.99. The number of hydrogen-bond acceptors (Lipinski definition) is 4. The summed E-state index contributed by atoms with van der Waals surface area (Å²) in [6.45, 7) is 1.23. The molecular weight excluding hydrogens is 250 g/mol. The van der Waals surface area contributed by atoms with Crippen LogP contribution in [0.15, 0.2) is 24.3 Å². The van der Waals surface area contributed by atoms with Crippen LogP contribution in [0.3, 0.4) is 0 Å². The molecule has 2 rings (SSSR count). The first-order valence-corrected chi connectivity index (χ1v) is 5.80. The van der Waals surface area contributed by atoms with Crippen LogP contribution in [-0.4, -0.2) is 29.5 Å². The third kappa shape index (κ3) is 2.73. The summed E-state index contributed by atoms with van der Waals surface area (Å²) in [6, 6.07) is 6.27. The van der Waals surface area contributed by atoms with Gasteiger partial charge in [-0.05, 0) is 12.1 Å². The molecule has 0 spiro atoms. The third-order valence-electron chi connectivity index (χ3n) is 2.81. The largest absolute Gasteiger partial charge is 0.482 e. The van der Waals surface area contributed by atoms with Crippen LogP contribution in [0, 0.1) is 5.92 Å². The van der Waals surface area contributed by atoms with Crippen molar-refractivity contribution in [3.63, 3.8) is 0 Å². The zero-order chi connectivity index (χ0) is 14.0. The molecule has 6 nitrogen and oxygen atoms in total. The molecule has 0 radical (unpaired) electrons. The predicted molar refractivity (Wildman–Crippen MR) is 65.8 cm³/mol. The number of carbonyl (C=O) groups excluding carboxylic acids is 2. The fourth-order valence-corrected chi connectivity index (χ4v) is 1.91. The zero-order valence-corrected chi connectivity index (χ0v) is 10.3. The highest BCUT2D eigenvalue weighted by Gasteiger charge is 2.36. The Morgan fingerprint density at radius 2 is 2.21 bits per heavy atom. The fourth-order valence-electron chi connectivity index (χ4n) is 1.91. The van der Waals surface area contributed by atoms with E-state index >= 15 is 0 Å². The smallest absolute Gasteiger partial charge is 0.341 e. The van der Waals surface area contributed by atoms with Crippen LogP contribution in [0.1, 0.15) is 13.3 Å². The summed E-state index contributed by atoms with van der Waals surface area (Å²) in [5, 5.41) is 8.53. The molecule has 6 heteroatoms. The van der Waals surface area contributed by atoms with Gasteiger partial charge in [0.25, 0.3) is 0 Å². The van der Waals surface area contributed by atoms with Crippen LogP contribution in [0.2, 0.25) is 0 Å². The van der Waals surface area contributed by atoms with E-state index in [4.69, 9.17) is 9.84 Å². The Kier molecular flexibility index (Phi) is 3.50. The number of hydrogen-bond donors (Lipinski definition) is 1. The van der Waals surface area contributed by atoms with Gasteiger partial charge in [-0.2, -0.15) is 0 Å². The third-order valence-corrected chi connectivity index (χ3v) is 2.81. The normalized spacial score (nSPS) is 18.8. The number of rotatable bonds is 4. The number of carbonyl (C=O) groups is 3. The molecule has 1 N–H and O–H groups in total. The fraction of sp³-hybridized carbons (Fsp3) is 0.308. The first-order valence-electron chi connectivity index (χ1n) is 5.80. The van der Waals surface area contributed by atoms with E-state index < -0.39 is 12.6 Å². The molecule has 1 atom stereocenters. The SMILES string of the molecule is CC1CC(=O)N(c2cccc(OCC(=O)O)c2)C1=O. The molecule has 1 fully saturated rings. The maximum atomic E-state index is 11.9. The molecule has 0 saturated carbocycles. The van der Waals surface area contributed by atoms with Crippen LogP contribution in [-0.2, 0) is 14.4 Å². The summed E-state index contributed by atoms with van der Waals surface area (Å²) < 4.78 is 5.02. The lowest BCUT2D eigenvalue weighted by atomic mass is 10.1. The second-order valence-electron chi connectivity index (χ2n) is 4.35. The van der Waals surface area contributed by atoms with Gasteiger partial charge in [-0.3, -0.25) is 14.5 Å². The molecule has 100 valence electrons. The second-order valence-corrected chi connectivity index (χ2v) is 4.35. The van der Waals surface area contributed by atoms with Gasteiger partial charge in [0.05, 0.1) is 5.69 Å². The molecule has 19 heavy (non-hydrogen) atoms. The summed E-state index contributed by atoms with van der Waals surface area (Å²) in [7, 11) is 0. The average molecular weight is 263 g/mol. The van der Waals surface area contributed by atoms with Crippen molar-refractivity contribution in [2.24, 2.45) is 5.92 Å². The molecule has 0 aromatic heterocycles. The number of benzene rings is 1. The van der Waals surface area contributed by atoms with Crippen molar-refractivity contribution in [3.05, 3.63) is 24.3 Å². The maximum Gasteiger partial charge on any atom is 0.341 e. The van der Waals surface area contributed by atoms with Crippen LogP contribution in [0.4, 0.5) is 5.69 Å². The van der Waals surface area contributed by atoms with Crippen LogP contribution in [0.5, 0.6) is 5.75 Å². The van der Waals surface area contributed by atoms with Gasteiger partial charge in [-0.1, -0.05) is 13.0 Å². The van der Waals surface area contributed by atoms with Crippen molar-refractivity contribution in [2.75, 3.05) is 11.5 Å². The van der Waals surface area contributed by atoms with Gasteiger partial charge in [-0.15, -0.1) is 0 Å². The molecule has 0 aliphatic carbocycles. The zero-order valence-electron chi connectivity index (χ0n) is 10.3. The minimum absolute atomic E-state index is 0.193. The first kappa shape index (κ1) is 13.1. The van der Waals surface area contributed by atoms with E-state index in [2.05, 4.69) is 0 Å². The van der Waals surface area contributed by atoms with E-state index in [9.17, 15) is 14.4 Å². The van der Waals surface area contributed by atoms with E-state index in [1.54, 1.807) is 25.1 Å². The lowest BCUT2D eigenvalue weighted by Crippen LogP contribution is -2.29. The van der Waals surface area contributed by atoms with Crippen molar-refractivity contribution in [1.29, 1.82) is 0 Å². The highest BCUT2D eigenvalue weighted by molar-refractivity contribution is 6.20. The Bertz CT molecular complexity index is 540. The molecule has 1 unspecified atom stereocenters. The van der Waals surface area contributed by atoms with E-state index in [-0.39, 0.29) is 24.2 Å². The second kappa shape index (κ2) is 5.09. The number of imide groups is 1. The summed E-state index contributed by atoms with van der Waals surface area (Å²) >= 11 is 0. The van der Waals surface area contributed by atoms with Gasteiger partial charge in [0.1, 0.15) is 5.75 Å². The van der Waals surface area contributed by atoms with E-state index in [0.717, 1.165) is 4.90 Å². The van der Waals surface area contributed by atoms with Gasteiger partial charge in [0, 0.05) is 18.4 Å². The number of ether oxygens (including phenoxy) is 1. The molecule has 1 saturated heterocycles. The summed E-state index contributed by atoms with van der Waals surface area (Å²) in [6.07, 6.45) is 0.193. The van der Waals surface area contributed by atoms with E-state index in [0.29, 0.717) is 11.4 Å². The Hall–Kier alpha value is -2.37. The number of anilines is 1. The molecule has 1 aliphatic rings. The van der Waals surface area contributed by atoms with E-state index in [1.165, 1.54) is 6.07 Å². The quantitative estimate of drug-likeness (QED) is 0.821. The Labute approximate surface area is 109 Å². The molecule has 0 bridgehead atoms. The highest BCUT2D eigenvalue weighted by atomic mass is 16.5. The number of amides is 2. The maximum absolute atomic E-state index is 11.9. The van der Waals surface area contributed by atoms with Crippen LogP contribution >= 0.6 is 0 Å². The van der Waals surface area contributed by atoms with Gasteiger partial charge in [0.15, 0.2) is 6.61 Å². The monoisotopic (exact) mass is 263 g/mol. The lowest BCUT2D eigenvalue weighted by molar-refractivity contribution is -0.139. The van der Waals surface area contributed by atoms with Crippen molar-refractivity contribution >= 4 is 23.5 Å². The van der Waals surface area contributed by atoms with Crippen molar-refractivity contribution in [3.8, 4) is 5.75 Å². The van der Waals surface area contributed by atoms with Gasteiger partial charge < -0.3 is 9.84 Å². The molecular formula is C13H13NO5. The molecule has 1 heterocycles. The minimum atomic E-state index is -1.09. The predicted octanol–water partition coefficient (Wildman–Crippen LogP) is 1.05. The van der Waals surface area contributed by atoms with Gasteiger partial charge >= 0.3 is 5.97 Å². The molecule has 1 aromatic rings. The number of nitrogens with zero attached hydrogens (tertiary/aromatic N) is 1. The number of carboxylic acid groups (broad SMARTS) is 1. The summed E-state index contributed by atoms with van der Waals surface area (Å²) in [4.78, 5) is 35.1. The topological polar surface area (TPSA) is 83.9 Å². The van der Waals surface area contributed by atoms with Crippen molar-refractivity contribution < 1.29 is 24.2 Å². The summed E-state index contributed by atoms with van der Waals surface area (Å²) in [5.74, 6) is -1.61. The minimum Gasteiger partial charge on any atom is -0.482 e. The number of carboxylic acids is 1. The summed E-state index contributed by atoms with van der Waals surface area (Å²) in [5.41, 5.74) is 0.405. The molecule has 1 aromatic carbocycles. The Morgan fingerprint density at radius 1 is 1.47 bits per heavy atom. The van der Waals surface area contributed by atoms with Crippen molar-refractivity contribution in [1.82, 2.24) is 0 Å². The van der Waals surface area contributed by atoms with Gasteiger partial charge in [0.2, 0.25) is 11.8 Å². The van der Waals surface area contributed by atoms with Crippen LogP contribution in [0.25, 0.3) is 0 Å². The van der Waals surface area contributed by atoms with Crippen molar-refractivity contribution in [2.45, 2.75) is 13.3 Å². The Balaban J connectivity index is 2.21. The van der Waals surface area contributed by atoms with Gasteiger partial charge in [-0.25, -0.2) is 4.79 Å². The molecule has 1 aliphatic heterocycles.